The standard InChI is InChI=1S/C15H18N2O/c1-2-12-3-6-14(17-11-12)9-10-18-15-7-4-13(16)5-8-15/h3-8,11H,2,9-10,16H2,1H3. The Balaban J connectivity index is 1.82. The minimum Gasteiger partial charge on any atom is -0.493 e. The number of nitrogens with zero attached hydrogens (tertiary/aromatic N) is 1. The molecule has 1 aromatic carbocycles. The van der Waals surface area contributed by atoms with Crippen LogP contribution in [0.15, 0.2) is 42.6 Å². The molecule has 0 aliphatic carbocycles. The Labute approximate surface area is 108 Å². The van der Waals surface area contributed by atoms with Crippen molar-refractivity contribution < 1.29 is 4.74 Å². The van der Waals surface area contributed by atoms with E-state index in [9.17, 15) is 0 Å². The van der Waals surface area contributed by atoms with Crippen molar-refractivity contribution >= 4 is 5.69 Å². The van der Waals surface area contributed by atoms with Crippen LogP contribution in [0.3, 0.4) is 0 Å². The highest BCUT2D eigenvalue weighted by Crippen LogP contribution is 2.13. The Kier molecular flexibility index (Phi) is 4.18. The number of anilines is 1. The fourth-order valence-electron chi connectivity index (χ4n) is 1.65. The zero-order valence-electron chi connectivity index (χ0n) is 10.6. The third-order valence-electron chi connectivity index (χ3n) is 2.80. The molecule has 0 aliphatic rings. The van der Waals surface area contributed by atoms with Gasteiger partial charge < -0.3 is 10.5 Å². The lowest BCUT2D eigenvalue weighted by Crippen LogP contribution is -2.03. The largest absolute Gasteiger partial charge is 0.493 e. The van der Waals surface area contributed by atoms with E-state index in [1.165, 1.54) is 5.56 Å². The predicted octanol–water partition coefficient (Wildman–Crippen LogP) is 2.85. The van der Waals surface area contributed by atoms with E-state index in [0.717, 1.165) is 30.0 Å². The fourth-order valence-corrected chi connectivity index (χ4v) is 1.65. The Bertz CT molecular complexity index is 477. The highest BCUT2D eigenvalue weighted by atomic mass is 16.5. The van der Waals surface area contributed by atoms with Gasteiger partial charge in [0.2, 0.25) is 0 Å². The molecule has 0 unspecified atom stereocenters. The molecule has 2 aromatic rings. The van der Waals surface area contributed by atoms with Crippen LogP contribution in [0.4, 0.5) is 5.69 Å². The molecule has 2 rings (SSSR count). The third-order valence-corrected chi connectivity index (χ3v) is 2.80. The molecule has 0 atom stereocenters. The molecule has 94 valence electrons. The van der Waals surface area contributed by atoms with Crippen LogP contribution < -0.4 is 10.5 Å². The number of ether oxygens (including phenoxy) is 1. The predicted molar refractivity (Wildman–Crippen MR) is 73.7 cm³/mol. The first-order valence-corrected chi connectivity index (χ1v) is 6.20. The highest BCUT2D eigenvalue weighted by Gasteiger charge is 1.97. The van der Waals surface area contributed by atoms with Gasteiger partial charge in [0, 0.05) is 24.0 Å². The highest BCUT2D eigenvalue weighted by molar-refractivity contribution is 5.41. The summed E-state index contributed by atoms with van der Waals surface area (Å²) in [5.74, 6) is 0.842. The summed E-state index contributed by atoms with van der Waals surface area (Å²) in [7, 11) is 0. The second-order valence-electron chi connectivity index (χ2n) is 4.18. The third kappa shape index (κ3) is 3.48. The van der Waals surface area contributed by atoms with E-state index >= 15 is 0 Å². The number of nitrogen functional groups attached to an aromatic ring is 1. The van der Waals surface area contributed by atoms with Crippen molar-refractivity contribution in [2.24, 2.45) is 0 Å². The van der Waals surface area contributed by atoms with Crippen molar-refractivity contribution in [1.29, 1.82) is 0 Å². The normalized spacial score (nSPS) is 10.3. The molecule has 18 heavy (non-hydrogen) atoms. The number of pyridine rings is 1. The van der Waals surface area contributed by atoms with Crippen LogP contribution in [0.25, 0.3) is 0 Å². The molecule has 0 fully saturated rings. The average molecular weight is 242 g/mol. The van der Waals surface area contributed by atoms with Gasteiger partial charge in [-0.2, -0.15) is 0 Å². The van der Waals surface area contributed by atoms with Crippen molar-refractivity contribution in [3.8, 4) is 5.75 Å². The van der Waals surface area contributed by atoms with E-state index in [1.54, 1.807) is 0 Å². The maximum absolute atomic E-state index is 5.63. The smallest absolute Gasteiger partial charge is 0.119 e. The quantitative estimate of drug-likeness (QED) is 0.820. The monoisotopic (exact) mass is 242 g/mol. The first-order chi connectivity index (χ1) is 8.78. The summed E-state index contributed by atoms with van der Waals surface area (Å²) < 4.78 is 5.63. The molecule has 1 aromatic heterocycles. The molecule has 0 amide bonds. The molecule has 0 saturated carbocycles. The zero-order valence-corrected chi connectivity index (χ0v) is 10.6. The topological polar surface area (TPSA) is 48.1 Å². The van der Waals surface area contributed by atoms with Crippen LogP contribution in [-0.4, -0.2) is 11.6 Å². The number of nitrogens with two attached hydrogens (primary N) is 1. The number of hydrogen-bond donors (Lipinski definition) is 1. The van der Waals surface area contributed by atoms with Gasteiger partial charge in [-0.05, 0) is 42.3 Å². The Morgan fingerprint density at radius 3 is 2.50 bits per heavy atom. The molecule has 0 saturated heterocycles. The van der Waals surface area contributed by atoms with Gasteiger partial charge >= 0.3 is 0 Å². The SMILES string of the molecule is CCc1ccc(CCOc2ccc(N)cc2)nc1. The van der Waals surface area contributed by atoms with E-state index in [0.29, 0.717) is 6.61 Å². The van der Waals surface area contributed by atoms with Gasteiger partial charge in [-0.25, -0.2) is 0 Å². The van der Waals surface area contributed by atoms with Gasteiger partial charge in [-0.1, -0.05) is 13.0 Å². The van der Waals surface area contributed by atoms with Crippen molar-refractivity contribution in [2.75, 3.05) is 12.3 Å². The molecule has 0 radical (unpaired) electrons. The number of hydrogen-bond acceptors (Lipinski definition) is 3. The van der Waals surface area contributed by atoms with Gasteiger partial charge in [0.15, 0.2) is 0 Å². The minimum absolute atomic E-state index is 0.627. The van der Waals surface area contributed by atoms with Crippen molar-refractivity contribution in [3.05, 3.63) is 53.9 Å². The molecule has 0 aliphatic heterocycles. The summed E-state index contributed by atoms with van der Waals surface area (Å²) in [6.45, 7) is 2.75. The molecular formula is C15H18N2O. The van der Waals surface area contributed by atoms with Gasteiger partial charge in [-0.15, -0.1) is 0 Å². The lowest BCUT2D eigenvalue weighted by molar-refractivity contribution is 0.320. The minimum atomic E-state index is 0.627. The molecule has 1 heterocycles. The summed E-state index contributed by atoms with van der Waals surface area (Å²) in [4.78, 5) is 4.39. The number of rotatable bonds is 5. The van der Waals surface area contributed by atoms with Crippen molar-refractivity contribution in [2.45, 2.75) is 19.8 Å². The van der Waals surface area contributed by atoms with Crippen LogP contribution in [0.5, 0.6) is 5.75 Å². The average Bonchev–Trinajstić information content (AvgIpc) is 2.42. The summed E-state index contributed by atoms with van der Waals surface area (Å²) in [5.41, 5.74) is 8.68. The molecular weight excluding hydrogens is 224 g/mol. The summed E-state index contributed by atoms with van der Waals surface area (Å²) in [6.07, 6.45) is 3.77. The summed E-state index contributed by atoms with van der Waals surface area (Å²) in [6, 6.07) is 11.6. The summed E-state index contributed by atoms with van der Waals surface area (Å²) >= 11 is 0. The molecule has 3 heteroatoms. The molecule has 0 bridgehead atoms. The maximum Gasteiger partial charge on any atom is 0.119 e. The first kappa shape index (κ1) is 12.4. The van der Waals surface area contributed by atoms with Gasteiger partial charge in [0.05, 0.1) is 6.61 Å². The van der Waals surface area contributed by atoms with E-state index < -0.39 is 0 Å². The van der Waals surface area contributed by atoms with E-state index in [2.05, 4.69) is 24.0 Å². The van der Waals surface area contributed by atoms with Gasteiger partial charge in [-0.3, -0.25) is 4.98 Å². The van der Waals surface area contributed by atoms with E-state index in [4.69, 9.17) is 10.5 Å². The lowest BCUT2D eigenvalue weighted by Gasteiger charge is -2.06. The molecule has 2 N–H and O–H groups in total. The van der Waals surface area contributed by atoms with E-state index in [-0.39, 0.29) is 0 Å². The molecule has 3 nitrogen and oxygen atoms in total. The van der Waals surface area contributed by atoms with Crippen LogP contribution in [0.1, 0.15) is 18.2 Å². The van der Waals surface area contributed by atoms with Crippen LogP contribution in [-0.2, 0) is 12.8 Å². The van der Waals surface area contributed by atoms with Gasteiger partial charge in [0.1, 0.15) is 5.75 Å². The van der Waals surface area contributed by atoms with Gasteiger partial charge in [0.25, 0.3) is 0 Å². The Morgan fingerprint density at radius 2 is 1.89 bits per heavy atom. The second kappa shape index (κ2) is 6.05. The van der Waals surface area contributed by atoms with Crippen LogP contribution >= 0.6 is 0 Å². The molecule has 0 spiro atoms. The van der Waals surface area contributed by atoms with E-state index in [1.807, 2.05) is 30.5 Å². The second-order valence-corrected chi connectivity index (χ2v) is 4.18. The lowest BCUT2D eigenvalue weighted by atomic mass is 10.2. The Hall–Kier alpha value is -2.03. The number of aryl methyl sites for hydroxylation is 1. The van der Waals surface area contributed by atoms with Crippen LogP contribution in [0, 0.1) is 0 Å². The zero-order chi connectivity index (χ0) is 12.8. The van der Waals surface area contributed by atoms with Crippen molar-refractivity contribution in [1.82, 2.24) is 4.98 Å². The fraction of sp³-hybridized carbons (Fsp3) is 0.267. The Morgan fingerprint density at radius 1 is 1.11 bits per heavy atom. The first-order valence-electron chi connectivity index (χ1n) is 6.20. The number of benzene rings is 1. The maximum atomic E-state index is 5.63. The van der Waals surface area contributed by atoms with Crippen LogP contribution in [0.2, 0.25) is 0 Å². The summed E-state index contributed by atoms with van der Waals surface area (Å²) in [5, 5.41) is 0. The number of aromatic nitrogens is 1. The van der Waals surface area contributed by atoms with Crippen molar-refractivity contribution in [3.63, 3.8) is 0 Å².